The van der Waals surface area contributed by atoms with Crippen LogP contribution in [-0.4, -0.2) is 34.7 Å². The summed E-state index contributed by atoms with van der Waals surface area (Å²) in [5.74, 6) is 3.43. The van der Waals surface area contributed by atoms with Gasteiger partial charge in [-0.25, -0.2) is 4.99 Å². The van der Waals surface area contributed by atoms with E-state index in [-0.39, 0.29) is 0 Å². The molecule has 0 aromatic carbocycles. The van der Waals surface area contributed by atoms with Crippen LogP contribution in [0.25, 0.3) is 0 Å². The van der Waals surface area contributed by atoms with E-state index in [4.69, 9.17) is 4.52 Å². The number of aliphatic imine (C=N–C) groups is 1. The Kier molecular flexibility index (Phi) is 7.46. The van der Waals surface area contributed by atoms with E-state index >= 15 is 0 Å². The van der Waals surface area contributed by atoms with E-state index in [2.05, 4.69) is 66.3 Å². The van der Waals surface area contributed by atoms with Crippen molar-refractivity contribution >= 4 is 17.7 Å². The summed E-state index contributed by atoms with van der Waals surface area (Å²) in [6, 6.07) is 2.05. The standard InChI is InChI=1S/C18H32N4OS/c1-5-14(6-2)16-11-15(23-22-16)12-20-17(19-7-3)21-13-18(4)9-8-10-24-18/h11,14H,5-10,12-13H2,1-4H3,(H2,19,20,21). The molecule has 1 fully saturated rings. The minimum absolute atomic E-state index is 0.324. The van der Waals surface area contributed by atoms with Gasteiger partial charge in [0.25, 0.3) is 0 Å². The number of aromatic nitrogens is 1. The average molecular weight is 353 g/mol. The Labute approximate surface area is 150 Å². The Balaban J connectivity index is 1.92. The molecule has 0 amide bonds. The topological polar surface area (TPSA) is 62.5 Å². The maximum atomic E-state index is 5.46. The molecule has 1 aliphatic rings. The first-order valence-electron chi connectivity index (χ1n) is 9.21. The molecule has 0 aliphatic carbocycles. The van der Waals surface area contributed by atoms with Gasteiger partial charge in [0.1, 0.15) is 6.54 Å². The fourth-order valence-electron chi connectivity index (χ4n) is 3.05. The lowest BCUT2D eigenvalue weighted by Crippen LogP contribution is -2.43. The lowest BCUT2D eigenvalue weighted by Gasteiger charge is -2.24. The second-order valence-corrected chi connectivity index (χ2v) is 8.36. The van der Waals surface area contributed by atoms with Gasteiger partial charge in [0.2, 0.25) is 0 Å². The molecule has 2 rings (SSSR count). The first kappa shape index (κ1) is 19.2. The van der Waals surface area contributed by atoms with Gasteiger partial charge in [-0.05, 0) is 45.3 Å². The van der Waals surface area contributed by atoms with Crippen LogP contribution in [0.3, 0.4) is 0 Å². The summed E-state index contributed by atoms with van der Waals surface area (Å²) in [5.41, 5.74) is 1.05. The van der Waals surface area contributed by atoms with Crippen LogP contribution in [0.2, 0.25) is 0 Å². The van der Waals surface area contributed by atoms with Gasteiger partial charge in [0, 0.05) is 29.8 Å². The van der Waals surface area contributed by atoms with E-state index in [0.717, 1.165) is 43.3 Å². The van der Waals surface area contributed by atoms with Crippen LogP contribution in [0.1, 0.15) is 70.8 Å². The molecule has 1 aromatic rings. The highest BCUT2D eigenvalue weighted by Gasteiger charge is 2.29. The van der Waals surface area contributed by atoms with Crippen molar-refractivity contribution in [2.24, 2.45) is 4.99 Å². The molecule has 0 spiro atoms. The van der Waals surface area contributed by atoms with Gasteiger partial charge in [0.15, 0.2) is 11.7 Å². The van der Waals surface area contributed by atoms with Crippen molar-refractivity contribution in [3.63, 3.8) is 0 Å². The monoisotopic (exact) mass is 352 g/mol. The van der Waals surface area contributed by atoms with Crippen molar-refractivity contribution in [3.05, 3.63) is 17.5 Å². The van der Waals surface area contributed by atoms with Crippen molar-refractivity contribution in [2.75, 3.05) is 18.8 Å². The third kappa shape index (κ3) is 5.43. The van der Waals surface area contributed by atoms with Crippen LogP contribution in [0.4, 0.5) is 0 Å². The highest BCUT2D eigenvalue weighted by molar-refractivity contribution is 8.00. The predicted molar refractivity (Wildman–Crippen MR) is 103 cm³/mol. The van der Waals surface area contributed by atoms with Crippen molar-refractivity contribution in [1.29, 1.82) is 0 Å². The molecule has 1 atom stereocenters. The highest BCUT2D eigenvalue weighted by Crippen LogP contribution is 2.36. The number of thioether (sulfide) groups is 1. The molecular formula is C18H32N4OS. The van der Waals surface area contributed by atoms with E-state index in [0.29, 0.717) is 17.2 Å². The Morgan fingerprint density at radius 1 is 1.38 bits per heavy atom. The number of guanidine groups is 1. The molecule has 2 heterocycles. The molecule has 1 aromatic heterocycles. The maximum Gasteiger partial charge on any atom is 0.191 e. The van der Waals surface area contributed by atoms with E-state index < -0.39 is 0 Å². The molecule has 24 heavy (non-hydrogen) atoms. The molecule has 1 aliphatic heterocycles. The second-order valence-electron chi connectivity index (χ2n) is 6.68. The quantitative estimate of drug-likeness (QED) is 0.548. The van der Waals surface area contributed by atoms with Crippen LogP contribution < -0.4 is 10.6 Å². The zero-order chi connectivity index (χ0) is 17.4. The lowest BCUT2D eigenvalue weighted by atomic mass is 9.99. The second kappa shape index (κ2) is 9.35. The molecule has 2 N–H and O–H groups in total. The van der Waals surface area contributed by atoms with Gasteiger partial charge >= 0.3 is 0 Å². The van der Waals surface area contributed by atoms with Crippen molar-refractivity contribution in [3.8, 4) is 0 Å². The minimum Gasteiger partial charge on any atom is -0.359 e. The molecule has 136 valence electrons. The minimum atomic E-state index is 0.324. The number of rotatable bonds is 8. The van der Waals surface area contributed by atoms with Crippen molar-refractivity contribution < 1.29 is 4.52 Å². The van der Waals surface area contributed by atoms with E-state index in [1.54, 1.807) is 0 Å². The molecule has 1 saturated heterocycles. The van der Waals surface area contributed by atoms with Crippen LogP contribution in [0.5, 0.6) is 0 Å². The molecule has 0 radical (unpaired) electrons. The maximum absolute atomic E-state index is 5.46. The normalized spacial score (nSPS) is 21.5. The van der Waals surface area contributed by atoms with Gasteiger partial charge in [-0.3, -0.25) is 0 Å². The summed E-state index contributed by atoms with van der Waals surface area (Å²) in [6.07, 6.45) is 4.76. The van der Waals surface area contributed by atoms with Crippen molar-refractivity contribution in [1.82, 2.24) is 15.8 Å². The summed E-state index contributed by atoms with van der Waals surface area (Å²) in [4.78, 5) is 4.65. The van der Waals surface area contributed by atoms with Crippen LogP contribution in [0.15, 0.2) is 15.6 Å². The summed E-state index contributed by atoms with van der Waals surface area (Å²) in [5, 5.41) is 11.0. The molecular weight excluding hydrogens is 320 g/mol. The molecule has 0 saturated carbocycles. The summed E-state index contributed by atoms with van der Waals surface area (Å²) in [7, 11) is 0. The number of nitrogens with one attached hydrogen (secondary N) is 2. The van der Waals surface area contributed by atoms with Crippen LogP contribution in [-0.2, 0) is 6.54 Å². The summed E-state index contributed by atoms with van der Waals surface area (Å²) < 4.78 is 5.78. The smallest absolute Gasteiger partial charge is 0.191 e. The zero-order valence-electron chi connectivity index (χ0n) is 15.5. The third-order valence-corrected chi connectivity index (χ3v) is 6.19. The Morgan fingerprint density at radius 2 is 2.17 bits per heavy atom. The number of hydrogen-bond donors (Lipinski definition) is 2. The van der Waals surface area contributed by atoms with Gasteiger partial charge in [-0.15, -0.1) is 0 Å². The largest absolute Gasteiger partial charge is 0.359 e. The van der Waals surface area contributed by atoms with Gasteiger partial charge in [-0.2, -0.15) is 11.8 Å². The predicted octanol–water partition coefficient (Wildman–Crippen LogP) is 3.92. The third-order valence-electron chi connectivity index (χ3n) is 4.65. The van der Waals surface area contributed by atoms with Crippen LogP contribution in [0, 0.1) is 0 Å². The molecule has 1 unspecified atom stereocenters. The Bertz CT molecular complexity index is 519. The lowest BCUT2D eigenvalue weighted by molar-refractivity contribution is 0.372. The first-order valence-corrected chi connectivity index (χ1v) is 10.2. The summed E-state index contributed by atoms with van der Waals surface area (Å²) in [6.45, 7) is 11.1. The average Bonchev–Trinajstić information content (AvgIpc) is 3.21. The first-order chi connectivity index (χ1) is 11.6. The highest BCUT2D eigenvalue weighted by atomic mass is 32.2. The SMILES string of the molecule is CCNC(=NCc1cc(C(CC)CC)no1)NCC1(C)CCCS1. The van der Waals surface area contributed by atoms with Gasteiger partial charge in [0.05, 0.1) is 5.69 Å². The van der Waals surface area contributed by atoms with Gasteiger partial charge < -0.3 is 15.2 Å². The number of nitrogens with zero attached hydrogens (tertiary/aromatic N) is 2. The Hall–Kier alpha value is -1.17. The van der Waals surface area contributed by atoms with Crippen LogP contribution >= 0.6 is 11.8 Å². The van der Waals surface area contributed by atoms with E-state index in [9.17, 15) is 0 Å². The fourth-order valence-corrected chi connectivity index (χ4v) is 4.29. The zero-order valence-corrected chi connectivity index (χ0v) is 16.3. The fraction of sp³-hybridized carbons (Fsp3) is 0.778. The number of hydrogen-bond acceptors (Lipinski definition) is 4. The van der Waals surface area contributed by atoms with E-state index in [1.165, 1.54) is 18.6 Å². The summed E-state index contributed by atoms with van der Waals surface area (Å²) >= 11 is 2.06. The Morgan fingerprint density at radius 3 is 2.79 bits per heavy atom. The molecule has 0 bridgehead atoms. The van der Waals surface area contributed by atoms with Crippen molar-refractivity contribution in [2.45, 2.75) is 70.6 Å². The van der Waals surface area contributed by atoms with E-state index in [1.807, 2.05) is 0 Å². The molecule has 6 heteroatoms. The molecule has 5 nitrogen and oxygen atoms in total. The van der Waals surface area contributed by atoms with Gasteiger partial charge in [-0.1, -0.05) is 19.0 Å².